The van der Waals surface area contributed by atoms with Gasteiger partial charge in [0.25, 0.3) is 5.69 Å². The molecular weight excluding hydrogens is 283 g/mol. The lowest BCUT2D eigenvalue weighted by Gasteiger charge is -2.06. The Morgan fingerprint density at radius 1 is 1.00 bits per heavy atom. The Morgan fingerprint density at radius 2 is 1.67 bits per heavy atom. The number of nitrogens with zero attached hydrogens (tertiary/aromatic N) is 2. The summed E-state index contributed by atoms with van der Waals surface area (Å²) in [6.07, 6.45) is 0. The number of para-hydroxylation sites is 1. The first kappa shape index (κ1) is 14.4. The molecule has 2 aromatic rings. The minimum atomic E-state index is -1.03. The van der Waals surface area contributed by atoms with Gasteiger partial charge in [0, 0.05) is 18.2 Å². The van der Waals surface area contributed by atoms with Gasteiger partial charge in [-0.2, -0.15) is 4.39 Å². The molecule has 0 saturated heterocycles. The van der Waals surface area contributed by atoms with Crippen LogP contribution >= 0.6 is 0 Å². The zero-order valence-electron chi connectivity index (χ0n) is 10.6. The molecule has 108 valence electrons. The van der Waals surface area contributed by atoms with Gasteiger partial charge in [-0.1, -0.05) is 12.1 Å². The van der Waals surface area contributed by atoms with Crippen LogP contribution in [0, 0.1) is 26.0 Å². The second kappa shape index (κ2) is 5.95. The predicted octanol–water partition coefficient (Wildman–Crippen LogP) is 3.22. The molecule has 0 bridgehead atoms. The van der Waals surface area contributed by atoms with Crippen molar-refractivity contribution in [3.63, 3.8) is 0 Å². The van der Waals surface area contributed by atoms with Gasteiger partial charge in [0.1, 0.15) is 12.4 Å². The SMILES string of the molecule is O=[N+]([O-])c1ccc(OCc2ccccc2[N+](=O)[O-])cc1F. The van der Waals surface area contributed by atoms with Crippen molar-refractivity contribution in [1.29, 1.82) is 0 Å². The van der Waals surface area contributed by atoms with Crippen molar-refractivity contribution >= 4 is 11.4 Å². The number of benzene rings is 2. The molecule has 0 radical (unpaired) electrons. The topological polar surface area (TPSA) is 95.5 Å². The highest BCUT2D eigenvalue weighted by Gasteiger charge is 2.16. The van der Waals surface area contributed by atoms with E-state index in [1.165, 1.54) is 24.3 Å². The fraction of sp³-hybridized carbons (Fsp3) is 0.0769. The molecule has 0 spiro atoms. The molecule has 0 atom stereocenters. The van der Waals surface area contributed by atoms with Crippen molar-refractivity contribution in [2.75, 3.05) is 0 Å². The van der Waals surface area contributed by atoms with Crippen LogP contribution in [0.1, 0.15) is 5.56 Å². The molecule has 0 saturated carbocycles. The number of rotatable bonds is 5. The third-order valence-corrected chi connectivity index (χ3v) is 2.70. The number of nitro groups is 2. The van der Waals surface area contributed by atoms with Gasteiger partial charge < -0.3 is 4.74 Å². The Labute approximate surface area is 117 Å². The molecule has 2 aromatic carbocycles. The Hall–Kier alpha value is -3.03. The van der Waals surface area contributed by atoms with Crippen molar-refractivity contribution in [2.45, 2.75) is 6.61 Å². The summed E-state index contributed by atoms with van der Waals surface area (Å²) in [5, 5.41) is 21.3. The second-order valence-corrected chi connectivity index (χ2v) is 4.04. The molecule has 21 heavy (non-hydrogen) atoms. The maximum atomic E-state index is 13.4. The third kappa shape index (κ3) is 3.30. The largest absolute Gasteiger partial charge is 0.489 e. The molecule has 0 aliphatic rings. The summed E-state index contributed by atoms with van der Waals surface area (Å²) in [5.41, 5.74) is -0.450. The average Bonchev–Trinajstić information content (AvgIpc) is 2.45. The third-order valence-electron chi connectivity index (χ3n) is 2.70. The number of hydrogen-bond acceptors (Lipinski definition) is 5. The maximum Gasteiger partial charge on any atom is 0.305 e. The Morgan fingerprint density at radius 3 is 2.29 bits per heavy atom. The minimum absolute atomic E-state index is 0.0521. The van der Waals surface area contributed by atoms with E-state index in [1.807, 2.05) is 0 Å². The molecule has 0 fully saturated rings. The van der Waals surface area contributed by atoms with Crippen LogP contribution in [-0.4, -0.2) is 9.85 Å². The van der Waals surface area contributed by atoms with E-state index >= 15 is 0 Å². The maximum absolute atomic E-state index is 13.4. The highest BCUT2D eigenvalue weighted by molar-refractivity contribution is 5.41. The van der Waals surface area contributed by atoms with Crippen LogP contribution in [0.3, 0.4) is 0 Å². The zero-order chi connectivity index (χ0) is 15.4. The van der Waals surface area contributed by atoms with Crippen LogP contribution in [0.2, 0.25) is 0 Å². The van der Waals surface area contributed by atoms with E-state index in [-0.39, 0.29) is 18.0 Å². The zero-order valence-corrected chi connectivity index (χ0v) is 10.6. The smallest absolute Gasteiger partial charge is 0.305 e. The standard InChI is InChI=1S/C13H9FN2O5/c14-11-7-10(5-6-13(11)16(19)20)21-8-9-3-1-2-4-12(9)15(17)18/h1-7H,8H2. The lowest BCUT2D eigenvalue weighted by Crippen LogP contribution is -2.01. The van der Waals surface area contributed by atoms with Gasteiger partial charge in [0.15, 0.2) is 0 Å². The van der Waals surface area contributed by atoms with Crippen molar-refractivity contribution in [1.82, 2.24) is 0 Å². The predicted molar refractivity (Wildman–Crippen MR) is 70.5 cm³/mol. The van der Waals surface area contributed by atoms with Crippen LogP contribution < -0.4 is 4.74 Å². The van der Waals surface area contributed by atoms with E-state index in [0.717, 1.165) is 12.1 Å². The van der Waals surface area contributed by atoms with Gasteiger partial charge >= 0.3 is 5.69 Å². The fourth-order valence-corrected chi connectivity index (χ4v) is 1.70. The lowest BCUT2D eigenvalue weighted by atomic mass is 10.2. The molecule has 0 aliphatic carbocycles. The Balaban J connectivity index is 2.16. The van der Waals surface area contributed by atoms with E-state index in [0.29, 0.717) is 5.56 Å². The summed E-state index contributed by atoms with van der Waals surface area (Å²) in [4.78, 5) is 19.9. The molecule has 2 rings (SSSR count). The van der Waals surface area contributed by atoms with E-state index in [1.54, 1.807) is 6.07 Å². The van der Waals surface area contributed by atoms with Crippen LogP contribution in [-0.2, 0) is 6.61 Å². The van der Waals surface area contributed by atoms with Gasteiger partial charge in [-0.15, -0.1) is 0 Å². The number of nitro benzene ring substituents is 2. The van der Waals surface area contributed by atoms with Crippen LogP contribution in [0.15, 0.2) is 42.5 Å². The van der Waals surface area contributed by atoms with E-state index in [2.05, 4.69) is 0 Å². The van der Waals surface area contributed by atoms with Gasteiger partial charge in [0.05, 0.1) is 15.4 Å². The molecule has 0 N–H and O–H groups in total. The van der Waals surface area contributed by atoms with E-state index < -0.39 is 21.4 Å². The summed E-state index contributed by atoms with van der Waals surface area (Å²) >= 11 is 0. The normalized spacial score (nSPS) is 10.1. The van der Waals surface area contributed by atoms with Crippen LogP contribution in [0.25, 0.3) is 0 Å². The van der Waals surface area contributed by atoms with Crippen molar-refractivity contribution in [3.05, 3.63) is 74.1 Å². The monoisotopic (exact) mass is 292 g/mol. The Bertz CT molecular complexity index is 705. The summed E-state index contributed by atoms with van der Waals surface area (Å²) < 4.78 is 18.6. The molecule has 0 aromatic heterocycles. The quantitative estimate of drug-likeness (QED) is 0.622. The number of halogens is 1. The van der Waals surface area contributed by atoms with Crippen LogP contribution in [0.5, 0.6) is 5.75 Å². The number of hydrogen-bond donors (Lipinski definition) is 0. The van der Waals surface area contributed by atoms with Crippen molar-refractivity contribution in [3.8, 4) is 5.75 Å². The van der Waals surface area contributed by atoms with Crippen LogP contribution in [0.4, 0.5) is 15.8 Å². The van der Waals surface area contributed by atoms with Gasteiger partial charge in [-0.25, -0.2) is 0 Å². The van der Waals surface area contributed by atoms with E-state index in [9.17, 15) is 24.6 Å². The molecule has 0 unspecified atom stereocenters. The average molecular weight is 292 g/mol. The first-order chi connectivity index (χ1) is 9.99. The lowest BCUT2D eigenvalue weighted by molar-refractivity contribution is -0.387. The molecule has 0 aliphatic heterocycles. The van der Waals surface area contributed by atoms with Crippen molar-refractivity contribution in [2.24, 2.45) is 0 Å². The summed E-state index contributed by atoms with van der Waals surface area (Å²) in [5.74, 6) is -0.976. The summed E-state index contributed by atoms with van der Waals surface area (Å²) in [6.45, 7) is -0.144. The molecule has 0 amide bonds. The molecular formula is C13H9FN2O5. The summed E-state index contributed by atoms with van der Waals surface area (Å²) in [6, 6.07) is 9.05. The highest BCUT2D eigenvalue weighted by atomic mass is 19.1. The molecule has 7 nitrogen and oxygen atoms in total. The molecule has 8 heteroatoms. The summed E-state index contributed by atoms with van der Waals surface area (Å²) in [7, 11) is 0. The Kier molecular flexibility index (Phi) is 4.07. The van der Waals surface area contributed by atoms with Gasteiger partial charge in [-0.3, -0.25) is 20.2 Å². The van der Waals surface area contributed by atoms with Gasteiger partial charge in [0.2, 0.25) is 5.82 Å². The number of ether oxygens (including phenoxy) is 1. The van der Waals surface area contributed by atoms with Crippen molar-refractivity contribution < 1.29 is 19.0 Å². The highest BCUT2D eigenvalue weighted by Crippen LogP contribution is 2.24. The minimum Gasteiger partial charge on any atom is -0.489 e. The van der Waals surface area contributed by atoms with Gasteiger partial charge in [-0.05, 0) is 12.1 Å². The van der Waals surface area contributed by atoms with E-state index in [4.69, 9.17) is 4.74 Å². The second-order valence-electron chi connectivity index (χ2n) is 4.04. The first-order valence-electron chi connectivity index (χ1n) is 5.78. The fourth-order valence-electron chi connectivity index (χ4n) is 1.70. The first-order valence-corrected chi connectivity index (χ1v) is 5.78. The molecule has 0 heterocycles.